The van der Waals surface area contributed by atoms with Crippen LogP contribution in [0.2, 0.25) is 0 Å². The topological polar surface area (TPSA) is 38.0 Å². The lowest BCUT2D eigenvalue weighted by Gasteiger charge is -2.43. The van der Waals surface area contributed by atoms with Gasteiger partial charge in [-0.1, -0.05) is 18.6 Å². The smallest absolute Gasteiger partial charge is 0.329 e. The normalized spacial score (nSPS) is 34.1. The van der Waals surface area contributed by atoms with Gasteiger partial charge < -0.3 is 11.1 Å². The molecule has 2 aliphatic rings. The first-order valence-corrected chi connectivity index (χ1v) is 6.65. The van der Waals surface area contributed by atoms with Crippen molar-refractivity contribution in [3.05, 3.63) is 12.2 Å². The zero-order valence-corrected chi connectivity index (χ0v) is 10.5. The average molecular weight is 262 g/mol. The predicted molar refractivity (Wildman–Crippen MR) is 65.1 cm³/mol. The zero-order valence-electron chi connectivity index (χ0n) is 10.5. The fourth-order valence-electron chi connectivity index (χ4n) is 3.19. The molecule has 1 fully saturated rings. The molecule has 0 radical (unpaired) electrons. The number of halogens is 3. The second-order valence-corrected chi connectivity index (χ2v) is 5.60. The van der Waals surface area contributed by atoms with Crippen LogP contribution in [0.1, 0.15) is 38.5 Å². The molecule has 0 bridgehead atoms. The van der Waals surface area contributed by atoms with Gasteiger partial charge in [0.15, 0.2) is 0 Å². The van der Waals surface area contributed by atoms with Gasteiger partial charge in [0.1, 0.15) is 0 Å². The Bertz CT molecular complexity index is 306. The molecule has 0 spiro atoms. The number of alkyl halides is 3. The third-order valence-corrected chi connectivity index (χ3v) is 4.22. The SMILES string of the molecule is NCC1(NC2CC=CC2)CCCC(C(F)(F)F)C1. The Hall–Kier alpha value is -0.550. The average Bonchev–Trinajstić information content (AvgIpc) is 2.81. The Morgan fingerprint density at radius 3 is 2.50 bits per heavy atom. The summed E-state index contributed by atoms with van der Waals surface area (Å²) in [5.41, 5.74) is 5.25. The van der Waals surface area contributed by atoms with Gasteiger partial charge in [0.05, 0.1) is 5.92 Å². The molecule has 0 aromatic carbocycles. The molecule has 104 valence electrons. The van der Waals surface area contributed by atoms with Gasteiger partial charge in [0.2, 0.25) is 0 Å². The van der Waals surface area contributed by atoms with Crippen molar-refractivity contribution in [3.8, 4) is 0 Å². The van der Waals surface area contributed by atoms with Crippen LogP contribution >= 0.6 is 0 Å². The Labute approximate surface area is 106 Å². The number of hydrogen-bond donors (Lipinski definition) is 2. The Morgan fingerprint density at radius 1 is 1.28 bits per heavy atom. The predicted octanol–water partition coefficient (Wildman–Crippen LogP) is 2.74. The minimum atomic E-state index is -4.09. The molecule has 5 heteroatoms. The third kappa shape index (κ3) is 3.06. The van der Waals surface area contributed by atoms with Crippen LogP contribution < -0.4 is 11.1 Å². The van der Waals surface area contributed by atoms with Crippen molar-refractivity contribution < 1.29 is 13.2 Å². The summed E-state index contributed by atoms with van der Waals surface area (Å²) in [6, 6.07) is 0.264. The summed E-state index contributed by atoms with van der Waals surface area (Å²) >= 11 is 0. The van der Waals surface area contributed by atoms with Gasteiger partial charge in [-0.25, -0.2) is 0 Å². The molecule has 1 saturated carbocycles. The molecule has 0 aliphatic heterocycles. The monoisotopic (exact) mass is 262 g/mol. The highest BCUT2D eigenvalue weighted by molar-refractivity contribution is 5.04. The molecular weight excluding hydrogens is 241 g/mol. The van der Waals surface area contributed by atoms with E-state index in [1.165, 1.54) is 0 Å². The second kappa shape index (κ2) is 5.21. The molecule has 0 aromatic rings. The van der Waals surface area contributed by atoms with E-state index in [9.17, 15) is 13.2 Å². The van der Waals surface area contributed by atoms with Crippen molar-refractivity contribution in [2.24, 2.45) is 11.7 Å². The van der Waals surface area contributed by atoms with E-state index in [2.05, 4.69) is 17.5 Å². The standard InChI is InChI=1S/C13H21F3N2/c14-13(15,16)10-4-3-7-12(8-10,9-17)18-11-5-1-2-6-11/h1-2,10-11,18H,3-9,17H2. The van der Waals surface area contributed by atoms with E-state index in [1.807, 2.05) is 0 Å². The molecule has 2 rings (SSSR count). The largest absolute Gasteiger partial charge is 0.391 e. The third-order valence-electron chi connectivity index (χ3n) is 4.22. The van der Waals surface area contributed by atoms with E-state index in [-0.39, 0.29) is 25.4 Å². The molecule has 18 heavy (non-hydrogen) atoms. The quantitative estimate of drug-likeness (QED) is 0.767. The van der Waals surface area contributed by atoms with E-state index in [1.54, 1.807) is 0 Å². The van der Waals surface area contributed by atoms with Gasteiger partial charge in [-0.15, -0.1) is 0 Å². The van der Waals surface area contributed by atoms with Gasteiger partial charge in [-0.05, 0) is 32.1 Å². The fourth-order valence-corrected chi connectivity index (χ4v) is 3.19. The van der Waals surface area contributed by atoms with E-state index < -0.39 is 17.6 Å². The summed E-state index contributed by atoms with van der Waals surface area (Å²) in [5, 5.41) is 3.40. The first-order chi connectivity index (χ1) is 8.45. The number of nitrogens with one attached hydrogen (secondary N) is 1. The number of nitrogens with two attached hydrogens (primary N) is 1. The van der Waals surface area contributed by atoms with Gasteiger partial charge in [0.25, 0.3) is 0 Å². The van der Waals surface area contributed by atoms with Crippen molar-refractivity contribution in [2.75, 3.05) is 6.54 Å². The van der Waals surface area contributed by atoms with Gasteiger partial charge >= 0.3 is 6.18 Å². The van der Waals surface area contributed by atoms with Gasteiger partial charge in [0, 0.05) is 18.1 Å². The summed E-state index contributed by atoms with van der Waals surface area (Å²) in [6.07, 6.45) is 3.60. The lowest BCUT2D eigenvalue weighted by atomic mass is 9.75. The maximum absolute atomic E-state index is 12.9. The lowest BCUT2D eigenvalue weighted by molar-refractivity contribution is -0.188. The molecule has 2 atom stereocenters. The minimum Gasteiger partial charge on any atom is -0.329 e. The number of rotatable bonds is 3. The maximum Gasteiger partial charge on any atom is 0.391 e. The van der Waals surface area contributed by atoms with Gasteiger partial charge in [-0.3, -0.25) is 0 Å². The molecule has 3 N–H and O–H groups in total. The minimum absolute atomic E-state index is 0.128. The summed E-state index contributed by atoms with van der Waals surface area (Å²) in [4.78, 5) is 0. The molecule has 0 saturated heterocycles. The van der Waals surface area contributed by atoms with Crippen molar-refractivity contribution >= 4 is 0 Å². The Kier molecular flexibility index (Phi) is 4.02. The maximum atomic E-state index is 12.9. The van der Waals surface area contributed by atoms with E-state index in [0.717, 1.165) is 19.3 Å². The first-order valence-electron chi connectivity index (χ1n) is 6.65. The van der Waals surface area contributed by atoms with Crippen molar-refractivity contribution in [2.45, 2.75) is 56.3 Å². The molecule has 2 unspecified atom stereocenters. The van der Waals surface area contributed by atoms with Crippen LogP contribution in [0, 0.1) is 5.92 Å². The Morgan fingerprint density at radius 2 is 1.94 bits per heavy atom. The highest BCUT2D eigenvalue weighted by Crippen LogP contribution is 2.41. The van der Waals surface area contributed by atoms with E-state index in [0.29, 0.717) is 6.42 Å². The van der Waals surface area contributed by atoms with Crippen molar-refractivity contribution in [1.82, 2.24) is 5.32 Å². The van der Waals surface area contributed by atoms with E-state index in [4.69, 9.17) is 5.73 Å². The summed E-state index contributed by atoms with van der Waals surface area (Å²) in [6.45, 7) is 0.288. The second-order valence-electron chi connectivity index (χ2n) is 5.60. The van der Waals surface area contributed by atoms with Crippen molar-refractivity contribution in [1.29, 1.82) is 0 Å². The van der Waals surface area contributed by atoms with Gasteiger partial charge in [-0.2, -0.15) is 13.2 Å². The molecular formula is C13H21F3N2. The van der Waals surface area contributed by atoms with E-state index >= 15 is 0 Å². The molecule has 0 aromatic heterocycles. The van der Waals surface area contributed by atoms with Crippen LogP contribution in [-0.2, 0) is 0 Å². The summed E-state index contributed by atoms with van der Waals surface area (Å²) in [7, 11) is 0. The number of hydrogen-bond acceptors (Lipinski definition) is 2. The summed E-state index contributed by atoms with van der Waals surface area (Å²) in [5.74, 6) is -1.20. The van der Waals surface area contributed by atoms with Crippen LogP contribution in [0.25, 0.3) is 0 Å². The molecule has 2 nitrogen and oxygen atoms in total. The van der Waals surface area contributed by atoms with Crippen LogP contribution in [0.5, 0.6) is 0 Å². The van der Waals surface area contributed by atoms with Crippen molar-refractivity contribution in [3.63, 3.8) is 0 Å². The zero-order chi connectivity index (χ0) is 13.2. The first kappa shape index (κ1) is 13.9. The molecule has 2 aliphatic carbocycles. The molecule has 0 heterocycles. The Balaban J connectivity index is 2.01. The van der Waals surface area contributed by atoms with Crippen LogP contribution in [0.4, 0.5) is 13.2 Å². The highest BCUT2D eigenvalue weighted by Gasteiger charge is 2.47. The van der Waals surface area contributed by atoms with Crippen LogP contribution in [0.15, 0.2) is 12.2 Å². The summed E-state index contributed by atoms with van der Waals surface area (Å²) < 4.78 is 38.6. The highest BCUT2D eigenvalue weighted by atomic mass is 19.4. The lowest BCUT2D eigenvalue weighted by Crippen LogP contribution is -2.58. The van der Waals surface area contributed by atoms with Crippen LogP contribution in [-0.4, -0.2) is 24.3 Å². The van der Waals surface area contributed by atoms with Crippen LogP contribution in [0.3, 0.4) is 0 Å². The molecule has 0 amide bonds. The fraction of sp³-hybridized carbons (Fsp3) is 0.846.